The molecule has 0 N–H and O–H groups in total. The standard InChI is InChI=1S/C25H19IN2O3/c1-16-13-23(17(2)12-22(16)26)27-24(19-6-4-3-5-7-19)15-20(25(27)29)14-18-8-10-21(11-9-18)28(30)31/h3-15H,1-2H3/b20-14+. The third-order valence-electron chi connectivity index (χ3n) is 5.20. The maximum Gasteiger partial charge on any atom is 0.269 e. The first-order chi connectivity index (χ1) is 14.8. The number of halogens is 1. The first-order valence-electron chi connectivity index (χ1n) is 9.69. The first-order valence-corrected chi connectivity index (χ1v) is 10.8. The van der Waals surface area contributed by atoms with E-state index < -0.39 is 4.92 Å². The van der Waals surface area contributed by atoms with Crippen LogP contribution in [-0.2, 0) is 4.79 Å². The molecule has 154 valence electrons. The summed E-state index contributed by atoms with van der Waals surface area (Å²) in [4.78, 5) is 25.7. The number of hydrogen-bond acceptors (Lipinski definition) is 3. The molecule has 1 aliphatic heterocycles. The maximum atomic E-state index is 13.5. The van der Waals surface area contributed by atoms with Gasteiger partial charge in [0, 0.05) is 21.3 Å². The fourth-order valence-corrected chi connectivity index (χ4v) is 4.18. The van der Waals surface area contributed by atoms with E-state index in [1.807, 2.05) is 56.3 Å². The Labute approximate surface area is 194 Å². The summed E-state index contributed by atoms with van der Waals surface area (Å²) >= 11 is 2.30. The number of rotatable bonds is 4. The van der Waals surface area contributed by atoms with Crippen molar-refractivity contribution < 1.29 is 9.72 Å². The first kappa shape index (κ1) is 21.0. The van der Waals surface area contributed by atoms with Crippen molar-refractivity contribution in [2.24, 2.45) is 0 Å². The molecule has 0 aromatic heterocycles. The zero-order chi connectivity index (χ0) is 22.1. The van der Waals surface area contributed by atoms with E-state index in [0.717, 1.165) is 37.2 Å². The van der Waals surface area contributed by atoms with Gasteiger partial charge in [-0.05, 0) is 95.1 Å². The van der Waals surface area contributed by atoms with E-state index in [4.69, 9.17) is 0 Å². The van der Waals surface area contributed by atoms with Gasteiger partial charge in [0.1, 0.15) is 0 Å². The molecule has 0 fully saturated rings. The van der Waals surface area contributed by atoms with Crippen molar-refractivity contribution in [3.05, 3.63) is 114 Å². The number of anilines is 1. The molecular weight excluding hydrogens is 503 g/mol. The number of carbonyl (C=O) groups excluding carboxylic acids is 1. The number of nitrogens with zero attached hydrogens (tertiary/aromatic N) is 2. The minimum atomic E-state index is -0.436. The number of nitro groups is 1. The Balaban J connectivity index is 1.82. The molecule has 0 bridgehead atoms. The second kappa shape index (κ2) is 8.47. The lowest BCUT2D eigenvalue weighted by Crippen LogP contribution is -2.26. The number of aryl methyl sites for hydroxylation is 2. The fraction of sp³-hybridized carbons (Fsp3) is 0.0800. The van der Waals surface area contributed by atoms with Gasteiger partial charge in [0.05, 0.1) is 16.3 Å². The number of carbonyl (C=O) groups is 1. The summed E-state index contributed by atoms with van der Waals surface area (Å²) in [5.74, 6) is -0.124. The van der Waals surface area contributed by atoms with Crippen molar-refractivity contribution >= 4 is 51.6 Å². The third kappa shape index (κ3) is 4.16. The van der Waals surface area contributed by atoms with Gasteiger partial charge in [0.2, 0.25) is 0 Å². The zero-order valence-electron chi connectivity index (χ0n) is 17.0. The summed E-state index contributed by atoms with van der Waals surface area (Å²) in [7, 11) is 0. The van der Waals surface area contributed by atoms with Gasteiger partial charge in [-0.15, -0.1) is 0 Å². The number of benzene rings is 3. The molecule has 0 saturated carbocycles. The van der Waals surface area contributed by atoms with Gasteiger partial charge in [-0.3, -0.25) is 19.8 Å². The summed E-state index contributed by atoms with van der Waals surface area (Å²) in [5.41, 5.74) is 6.01. The van der Waals surface area contributed by atoms with Gasteiger partial charge in [0.25, 0.3) is 11.6 Å². The molecule has 1 aliphatic rings. The van der Waals surface area contributed by atoms with E-state index in [9.17, 15) is 14.9 Å². The Morgan fingerprint density at radius 1 is 0.968 bits per heavy atom. The molecule has 0 radical (unpaired) electrons. The van der Waals surface area contributed by atoms with Crippen LogP contribution >= 0.6 is 22.6 Å². The lowest BCUT2D eigenvalue weighted by molar-refractivity contribution is -0.384. The second-order valence-corrected chi connectivity index (χ2v) is 8.53. The highest BCUT2D eigenvalue weighted by Gasteiger charge is 2.31. The fourth-order valence-electron chi connectivity index (χ4n) is 3.55. The van der Waals surface area contributed by atoms with Gasteiger partial charge >= 0.3 is 0 Å². The maximum absolute atomic E-state index is 13.5. The zero-order valence-corrected chi connectivity index (χ0v) is 19.2. The molecule has 4 rings (SSSR count). The lowest BCUT2D eigenvalue weighted by Gasteiger charge is -2.23. The molecule has 0 aliphatic carbocycles. The van der Waals surface area contributed by atoms with Crippen molar-refractivity contribution in [2.45, 2.75) is 13.8 Å². The smallest absolute Gasteiger partial charge is 0.269 e. The van der Waals surface area contributed by atoms with Crippen LogP contribution in [0.4, 0.5) is 11.4 Å². The molecule has 5 nitrogen and oxygen atoms in total. The van der Waals surface area contributed by atoms with Crippen molar-refractivity contribution in [3.63, 3.8) is 0 Å². The topological polar surface area (TPSA) is 63.5 Å². The Bertz CT molecular complexity index is 1250. The summed E-state index contributed by atoms with van der Waals surface area (Å²) in [6.07, 6.45) is 3.65. The van der Waals surface area contributed by atoms with Crippen LogP contribution in [0.15, 0.2) is 78.4 Å². The molecule has 1 amide bonds. The minimum absolute atomic E-state index is 0.0204. The van der Waals surface area contributed by atoms with Gasteiger partial charge < -0.3 is 0 Å². The molecule has 0 unspecified atom stereocenters. The van der Waals surface area contributed by atoms with Crippen LogP contribution in [0.25, 0.3) is 11.8 Å². The summed E-state index contributed by atoms with van der Waals surface area (Å²) in [6, 6.07) is 20.1. The molecule has 3 aromatic rings. The van der Waals surface area contributed by atoms with E-state index in [2.05, 4.69) is 28.7 Å². The number of amides is 1. The number of nitro benzene ring substituents is 1. The van der Waals surface area contributed by atoms with Gasteiger partial charge in [-0.1, -0.05) is 30.3 Å². The van der Waals surface area contributed by atoms with Crippen molar-refractivity contribution in [1.29, 1.82) is 0 Å². The SMILES string of the molecule is Cc1cc(N2C(=O)/C(=C/c3ccc([N+](=O)[O-])cc3)C=C2c2ccccc2)c(C)cc1I. The average Bonchev–Trinajstić information content (AvgIpc) is 3.07. The highest BCUT2D eigenvalue weighted by molar-refractivity contribution is 14.1. The molecule has 31 heavy (non-hydrogen) atoms. The summed E-state index contributed by atoms with van der Waals surface area (Å²) in [5, 5.41) is 10.9. The highest BCUT2D eigenvalue weighted by atomic mass is 127. The number of hydrogen-bond donors (Lipinski definition) is 0. The molecule has 1 heterocycles. The molecule has 0 atom stereocenters. The van der Waals surface area contributed by atoms with Crippen LogP contribution in [0.1, 0.15) is 22.3 Å². The van der Waals surface area contributed by atoms with E-state index >= 15 is 0 Å². The number of non-ortho nitro benzene ring substituents is 1. The van der Waals surface area contributed by atoms with E-state index in [-0.39, 0.29) is 11.6 Å². The van der Waals surface area contributed by atoms with Crippen molar-refractivity contribution in [3.8, 4) is 0 Å². The predicted molar refractivity (Wildman–Crippen MR) is 132 cm³/mol. The van der Waals surface area contributed by atoms with E-state index in [1.165, 1.54) is 12.1 Å². The lowest BCUT2D eigenvalue weighted by atomic mass is 10.1. The van der Waals surface area contributed by atoms with Crippen molar-refractivity contribution in [1.82, 2.24) is 0 Å². The Morgan fingerprint density at radius 2 is 1.65 bits per heavy atom. The molecule has 6 heteroatoms. The van der Waals surface area contributed by atoms with Crippen LogP contribution in [-0.4, -0.2) is 10.8 Å². The Hall–Kier alpha value is -3.26. The molecule has 0 spiro atoms. The van der Waals surface area contributed by atoms with Crippen LogP contribution in [0.5, 0.6) is 0 Å². The molecule has 0 saturated heterocycles. The molecule has 3 aromatic carbocycles. The molecular formula is C25H19IN2O3. The quantitative estimate of drug-likeness (QED) is 0.175. The van der Waals surface area contributed by atoms with Crippen LogP contribution in [0.3, 0.4) is 0 Å². The van der Waals surface area contributed by atoms with Gasteiger partial charge in [0.15, 0.2) is 0 Å². The summed E-state index contributed by atoms with van der Waals surface area (Å²) in [6.45, 7) is 4.04. The van der Waals surface area contributed by atoms with E-state index in [1.54, 1.807) is 23.1 Å². The average molecular weight is 522 g/mol. The van der Waals surface area contributed by atoms with E-state index in [0.29, 0.717) is 5.57 Å². The summed E-state index contributed by atoms with van der Waals surface area (Å²) < 4.78 is 1.15. The van der Waals surface area contributed by atoms with Crippen LogP contribution in [0, 0.1) is 27.5 Å². The highest BCUT2D eigenvalue weighted by Crippen LogP contribution is 2.38. The largest absolute Gasteiger partial charge is 0.276 e. The van der Waals surface area contributed by atoms with Gasteiger partial charge in [-0.2, -0.15) is 0 Å². The second-order valence-electron chi connectivity index (χ2n) is 7.37. The Morgan fingerprint density at radius 3 is 2.29 bits per heavy atom. The normalized spacial score (nSPS) is 14.8. The van der Waals surface area contributed by atoms with Crippen LogP contribution < -0.4 is 4.90 Å². The predicted octanol–water partition coefficient (Wildman–Crippen LogP) is 6.29. The minimum Gasteiger partial charge on any atom is -0.276 e. The van der Waals surface area contributed by atoms with Crippen LogP contribution in [0.2, 0.25) is 0 Å². The van der Waals surface area contributed by atoms with Crippen molar-refractivity contribution in [2.75, 3.05) is 4.90 Å². The van der Waals surface area contributed by atoms with Gasteiger partial charge in [-0.25, -0.2) is 0 Å². The third-order valence-corrected chi connectivity index (χ3v) is 6.36. The Kier molecular flexibility index (Phi) is 5.73. The monoisotopic (exact) mass is 522 g/mol.